The third kappa shape index (κ3) is 8.34. The molecule has 6 nitrogen and oxygen atoms in total. The van der Waals surface area contributed by atoms with E-state index in [1.165, 1.54) is 0 Å². The quantitative estimate of drug-likeness (QED) is 0.675. The summed E-state index contributed by atoms with van der Waals surface area (Å²) in [6, 6.07) is 9.69. The van der Waals surface area contributed by atoms with Gasteiger partial charge in [-0.2, -0.15) is 0 Å². The molecule has 0 unspecified atom stereocenters. The molecular weight excluding hydrogens is 368 g/mol. The Morgan fingerprint density at radius 2 is 1.76 bits per heavy atom. The van der Waals surface area contributed by atoms with Gasteiger partial charge in [0.2, 0.25) is 0 Å². The molecule has 0 N–H and O–H groups in total. The Labute approximate surface area is 175 Å². The summed E-state index contributed by atoms with van der Waals surface area (Å²) < 4.78 is 11.0. The van der Waals surface area contributed by atoms with Crippen molar-refractivity contribution in [2.24, 2.45) is 11.8 Å². The van der Waals surface area contributed by atoms with Gasteiger partial charge in [-0.25, -0.2) is 9.59 Å². The minimum absolute atomic E-state index is 0.254. The molecule has 2 amide bonds. The molecule has 1 aliphatic heterocycles. The van der Waals surface area contributed by atoms with Crippen molar-refractivity contribution in [3.63, 3.8) is 0 Å². The normalized spacial score (nSPS) is 15.3. The number of benzene rings is 1. The molecule has 1 saturated heterocycles. The summed E-state index contributed by atoms with van der Waals surface area (Å²) in [7, 11) is 0. The van der Waals surface area contributed by atoms with Crippen molar-refractivity contribution in [3.05, 3.63) is 35.9 Å². The summed E-state index contributed by atoms with van der Waals surface area (Å²) >= 11 is 0. The minimum atomic E-state index is -0.502. The highest BCUT2D eigenvalue weighted by Gasteiger charge is 2.29. The average molecular weight is 405 g/mol. The zero-order chi connectivity index (χ0) is 21.4. The fourth-order valence-corrected chi connectivity index (χ4v) is 3.41. The van der Waals surface area contributed by atoms with Crippen LogP contribution in [0.1, 0.15) is 53.0 Å². The van der Waals surface area contributed by atoms with Gasteiger partial charge < -0.3 is 19.3 Å². The summed E-state index contributed by atoms with van der Waals surface area (Å²) in [5.41, 5.74) is 0.482. The third-order valence-corrected chi connectivity index (χ3v) is 4.79. The highest BCUT2D eigenvalue weighted by molar-refractivity contribution is 5.68. The van der Waals surface area contributed by atoms with Crippen molar-refractivity contribution in [1.82, 2.24) is 9.80 Å². The second kappa shape index (κ2) is 10.5. The maximum Gasteiger partial charge on any atom is 0.410 e. The molecule has 1 aromatic rings. The lowest BCUT2D eigenvalue weighted by atomic mass is 9.96. The zero-order valence-electron chi connectivity index (χ0n) is 18.5. The van der Waals surface area contributed by atoms with Gasteiger partial charge in [0.15, 0.2) is 0 Å². The number of hydrogen-bond donors (Lipinski definition) is 0. The Balaban J connectivity index is 1.81. The molecule has 0 saturated carbocycles. The number of likely N-dealkylation sites (tertiary alicyclic amines) is 1. The molecule has 0 aliphatic carbocycles. The number of amides is 2. The summed E-state index contributed by atoms with van der Waals surface area (Å²) in [5.74, 6) is 0.731. The van der Waals surface area contributed by atoms with Crippen LogP contribution in [0.5, 0.6) is 0 Å². The largest absolute Gasteiger partial charge is 0.445 e. The lowest BCUT2D eigenvalue weighted by Gasteiger charge is -2.35. The predicted molar refractivity (Wildman–Crippen MR) is 114 cm³/mol. The Kier molecular flexibility index (Phi) is 8.35. The molecule has 1 fully saturated rings. The van der Waals surface area contributed by atoms with Crippen LogP contribution in [0.4, 0.5) is 9.59 Å². The van der Waals surface area contributed by atoms with Crippen molar-refractivity contribution < 1.29 is 19.1 Å². The SMILES string of the molecule is CC(C)CN(CC1CCN(C(=O)OCc2ccccc2)CC1)C(=O)OC(C)(C)C. The smallest absolute Gasteiger partial charge is 0.410 e. The van der Waals surface area contributed by atoms with Gasteiger partial charge in [0.25, 0.3) is 0 Å². The number of hydrogen-bond acceptors (Lipinski definition) is 4. The van der Waals surface area contributed by atoms with Gasteiger partial charge in [-0.15, -0.1) is 0 Å². The maximum absolute atomic E-state index is 12.6. The van der Waals surface area contributed by atoms with E-state index in [4.69, 9.17) is 9.47 Å². The van der Waals surface area contributed by atoms with E-state index in [2.05, 4.69) is 13.8 Å². The van der Waals surface area contributed by atoms with E-state index in [1.807, 2.05) is 56.0 Å². The second-order valence-electron chi connectivity index (χ2n) is 9.25. The van der Waals surface area contributed by atoms with Crippen molar-refractivity contribution in [2.45, 2.75) is 59.7 Å². The number of nitrogens with zero attached hydrogens (tertiary/aromatic N) is 2. The van der Waals surface area contributed by atoms with Crippen LogP contribution in [0.3, 0.4) is 0 Å². The molecule has 6 heteroatoms. The molecule has 1 heterocycles. The van der Waals surface area contributed by atoms with Gasteiger partial charge in [-0.05, 0) is 51.0 Å². The number of ether oxygens (including phenoxy) is 2. The van der Waals surface area contributed by atoms with E-state index in [-0.39, 0.29) is 12.2 Å². The molecule has 2 rings (SSSR count). The van der Waals surface area contributed by atoms with Gasteiger partial charge in [0.1, 0.15) is 12.2 Å². The van der Waals surface area contributed by atoms with Crippen LogP contribution in [0.25, 0.3) is 0 Å². The van der Waals surface area contributed by atoms with E-state index < -0.39 is 5.60 Å². The number of carbonyl (C=O) groups is 2. The average Bonchev–Trinajstić information content (AvgIpc) is 2.65. The van der Waals surface area contributed by atoms with Gasteiger partial charge in [-0.1, -0.05) is 44.2 Å². The lowest BCUT2D eigenvalue weighted by molar-refractivity contribution is 0.0164. The molecule has 0 aromatic heterocycles. The van der Waals surface area contributed by atoms with E-state index in [9.17, 15) is 9.59 Å². The molecular formula is C23H36N2O4. The van der Waals surface area contributed by atoms with Gasteiger partial charge in [0.05, 0.1) is 0 Å². The van der Waals surface area contributed by atoms with Crippen LogP contribution >= 0.6 is 0 Å². The van der Waals surface area contributed by atoms with E-state index in [1.54, 1.807) is 4.90 Å². The van der Waals surface area contributed by atoms with E-state index in [0.29, 0.717) is 44.6 Å². The molecule has 0 bridgehead atoms. The summed E-state index contributed by atoms with van der Waals surface area (Å²) in [5, 5.41) is 0. The molecule has 1 aliphatic rings. The Morgan fingerprint density at radius 1 is 1.14 bits per heavy atom. The van der Waals surface area contributed by atoms with Crippen molar-refractivity contribution in [1.29, 1.82) is 0 Å². The van der Waals surface area contributed by atoms with Crippen molar-refractivity contribution in [3.8, 4) is 0 Å². The van der Waals surface area contributed by atoms with Gasteiger partial charge in [-0.3, -0.25) is 0 Å². The lowest BCUT2D eigenvalue weighted by Crippen LogP contribution is -2.45. The van der Waals surface area contributed by atoms with Crippen LogP contribution in [-0.4, -0.2) is 53.8 Å². The fraction of sp³-hybridized carbons (Fsp3) is 0.652. The summed E-state index contributed by atoms with van der Waals surface area (Å²) in [6.45, 7) is 12.8. The van der Waals surface area contributed by atoms with Crippen molar-refractivity contribution >= 4 is 12.2 Å². The molecule has 0 radical (unpaired) electrons. The third-order valence-electron chi connectivity index (χ3n) is 4.79. The predicted octanol–water partition coefficient (Wildman–Crippen LogP) is 4.93. The summed E-state index contributed by atoms with van der Waals surface area (Å²) in [4.78, 5) is 28.5. The van der Waals surface area contributed by atoms with E-state index >= 15 is 0 Å². The monoisotopic (exact) mass is 404 g/mol. The highest BCUT2D eigenvalue weighted by Crippen LogP contribution is 2.21. The summed E-state index contributed by atoms with van der Waals surface area (Å²) in [6.07, 6.45) is 1.20. The first kappa shape index (κ1) is 23.0. The second-order valence-corrected chi connectivity index (χ2v) is 9.25. The fourth-order valence-electron chi connectivity index (χ4n) is 3.41. The first-order valence-corrected chi connectivity index (χ1v) is 10.6. The van der Waals surface area contributed by atoms with Gasteiger partial charge in [0, 0.05) is 26.2 Å². The molecule has 162 valence electrons. The standard InChI is InChI=1S/C23H36N2O4/c1-18(2)15-25(22(27)29-23(3,4)5)16-19-11-13-24(14-12-19)21(26)28-17-20-9-7-6-8-10-20/h6-10,18-19H,11-17H2,1-5H3. The maximum atomic E-state index is 12.6. The Hall–Kier alpha value is -2.24. The highest BCUT2D eigenvalue weighted by atomic mass is 16.6. The van der Waals surface area contributed by atoms with Gasteiger partial charge >= 0.3 is 12.2 Å². The molecule has 0 spiro atoms. The van der Waals surface area contributed by atoms with Crippen LogP contribution < -0.4 is 0 Å². The van der Waals surface area contributed by atoms with Crippen LogP contribution in [0.2, 0.25) is 0 Å². The van der Waals surface area contributed by atoms with Crippen LogP contribution in [0.15, 0.2) is 30.3 Å². The zero-order valence-corrected chi connectivity index (χ0v) is 18.5. The van der Waals surface area contributed by atoms with Crippen LogP contribution in [-0.2, 0) is 16.1 Å². The molecule has 29 heavy (non-hydrogen) atoms. The first-order chi connectivity index (χ1) is 13.6. The minimum Gasteiger partial charge on any atom is -0.445 e. The first-order valence-electron chi connectivity index (χ1n) is 10.6. The molecule has 0 atom stereocenters. The Bertz CT molecular complexity index is 647. The van der Waals surface area contributed by atoms with Crippen molar-refractivity contribution in [2.75, 3.05) is 26.2 Å². The number of rotatable bonds is 6. The number of piperidine rings is 1. The Morgan fingerprint density at radius 3 is 2.31 bits per heavy atom. The van der Waals surface area contributed by atoms with E-state index in [0.717, 1.165) is 18.4 Å². The molecule has 1 aromatic carbocycles. The topological polar surface area (TPSA) is 59.1 Å². The van der Waals surface area contributed by atoms with Crippen LogP contribution in [0, 0.1) is 11.8 Å². The number of carbonyl (C=O) groups excluding carboxylic acids is 2.